The number of nitrogens with two attached hydrogens (primary N) is 1. The number of hydrogen-bond acceptors (Lipinski definition) is 5. The average molecular weight is 275 g/mol. The van der Waals surface area contributed by atoms with Gasteiger partial charge in [-0.1, -0.05) is 12.8 Å². The lowest BCUT2D eigenvalue weighted by atomic mass is 10.0. The standard InChI is InChI=1S/C11H16F3N5/c1-10(4-2-3-5-10)18-7-6-8(19-15)17-9(16-7)11(12,13)14/h6H,2-5,15H2,1H3,(H2,16,17,18,19). The van der Waals surface area contributed by atoms with Crippen molar-refractivity contribution in [3.63, 3.8) is 0 Å². The van der Waals surface area contributed by atoms with Crippen molar-refractivity contribution in [3.05, 3.63) is 11.9 Å². The first-order valence-corrected chi connectivity index (χ1v) is 6.03. The third-order valence-corrected chi connectivity index (χ3v) is 3.26. The van der Waals surface area contributed by atoms with Crippen LogP contribution in [-0.4, -0.2) is 15.5 Å². The van der Waals surface area contributed by atoms with Crippen LogP contribution in [0.5, 0.6) is 0 Å². The van der Waals surface area contributed by atoms with Gasteiger partial charge in [-0.15, -0.1) is 0 Å². The van der Waals surface area contributed by atoms with E-state index in [9.17, 15) is 13.2 Å². The number of alkyl halides is 3. The molecular formula is C11H16F3N5. The summed E-state index contributed by atoms with van der Waals surface area (Å²) in [6, 6.07) is 1.37. The van der Waals surface area contributed by atoms with Crippen molar-refractivity contribution in [1.82, 2.24) is 9.97 Å². The molecule has 106 valence electrons. The Balaban J connectivity index is 2.29. The molecule has 19 heavy (non-hydrogen) atoms. The molecule has 1 aromatic heterocycles. The molecule has 1 aliphatic carbocycles. The summed E-state index contributed by atoms with van der Waals surface area (Å²) in [5.74, 6) is 4.01. The molecule has 8 heteroatoms. The number of aromatic nitrogens is 2. The first kappa shape index (κ1) is 13.9. The van der Waals surface area contributed by atoms with Crippen molar-refractivity contribution in [2.45, 2.75) is 44.3 Å². The Morgan fingerprint density at radius 2 is 1.79 bits per heavy atom. The van der Waals surface area contributed by atoms with Crippen LogP contribution < -0.4 is 16.6 Å². The topological polar surface area (TPSA) is 75.9 Å². The maximum Gasteiger partial charge on any atom is 0.451 e. The summed E-state index contributed by atoms with van der Waals surface area (Å²) in [4.78, 5) is 6.83. The van der Waals surface area contributed by atoms with Gasteiger partial charge in [-0.3, -0.25) is 0 Å². The molecule has 0 amide bonds. The summed E-state index contributed by atoms with van der Waals surface area (Å²) >= 11 is 0. The van der Waals surface area contributed by atoms with E-state index in [2.05, 4.69) is 20.7 Å². The van der Waals surface area contributed by atoms with Crippen LogP contribution >= 0.6 is 0 Å². The molecule has 1 heterocycles. The highest BCUT2D eigenvalue weighted by molar-refractivity contribution is 5.48. The molecule has 0 aromatic carbocycles. The molecule has 0 aliphatic heterocycles. The molecule has 1 aliphatic rings. The van der Waals surface area contributed by atoms with Crippen molar-refractivity contribution in [2.24, 2.45) is 5.84 Å². The average Bonchev–Trinajstić information content (AvgIpc) is 2.74. The van der Waals surface area contributed by atoms with Crippen LogP contribution in [0.2, 0.25) is 0 Å². The molecule has 1 aromatic rings. The fraction of sp³-hybridized carbons (Fsp3) is 0.636. The molecule has 0 spiro atoms. The van der Waals surface area contributed by atoms with Gasteiger partial charge in [0.15, 0.2) is 0 Å². The fourth-order valence-electron chi connectivity index (χ4n) is 2.30. The molecule has 0 saturated heterocycles. The lowest BCUT2D eigenvalue weighted by Crippen LogP contribution is -2.32. The molecule has 1 fully saturated rings. The quantitative estimate of drug-likeness (QED) is 0.584. The highest BCUT2D eigenvalue weighted by atomic mass is 19.4. The molecule has 4 N–H and O–H groups in total. The van der Waals surface area contributed by atoms with E-state index in [0.29, 0.717) is 0 Å². The molecule has 0 bridgehead atoms. The molecule has 5 nitrogen and oxygen atoms in total. The third kappa shape index (κ3) is 3.25. The van der Waals surface area contributed by atoms with Gasteiger partial charge in [0.25, 0.3) is 0 Å². The lowest BCUT2D eigenvalue weighted by molar-refractivity contribution is -0.144. The second-order valence-electron chi connectivity index (χ2n) is 5.00. The third-order valence-electron chi connectivity index (χ3n) is 3.26. The number of nitrogens with zero attached hydrogens (tertiary/aromatic N) is 2. The molecular weight excluding hydrogens is 259 g/mol. The number of nitrogens with one attached hydrogen (secondary N) is 2. The Bertz CT molecular complexity index is 454. The zero-order valence-corrected chi connectivity index (χ0v) is 10.5. The monoisotopic (exact) mass is 275 g/mol. The number of nitrogen functional groups attached to an aromatic ring is 1. The van der Waals surface area contributed by atoms with Crippen molar-refractivity contribution in [2.75, 3.05) is 10.7 Å². The van der Waals surface area contributed by atoms with E-state index < -0.39 is 12.0 Å². The van der Waals surface area contributed by atoms with Gasteiger partial charge in [0.05, 0.1) is 0 Å². The molecule has 1 saturated carbocycles. The Hall–Kier alpha value is -1.57. The summed E-state index contributed by atoms with van der Waals surface area (Å²) in [7, 11) is 0. The van der Waals surface area contributed by atoms with Gasteiger partial charge >= 0.3 is 6.18 Å². The molecule has 2 rings (SSSR count). The maximum atomic E-state index is 12.7. The van der Waals surface area contributed by atoms with E-state index in [1.54, 1.807) is 0 Å². The van der Waals surface area contributed by atoms with Gasteiger partial charge in [-0.05, 0) is 19.8 Å². The molecule has 0 atom stereocenters. The van der Waals surface area contributed by atoms with Crippen LogP contribution in [0.1, 0.15) is 38.4 Å². The number of halogens is 3. The van der Waals surface area contributed by atoms with Crippen molar-refractivity contribution in [3.8, 4) is 0 Å². The van der Waals surface area contributed by atoms with Gasteiger partial charge in [0.1, 0.15) is 11.6 Å². The van der Waals surface area contributed by atoms with E-state index in [0.717, 1.165) is 25.7 Å². The lowest BCUT2D eigenvalue weighted by Gasteiger charge is -2.26. The zero-order chi connectivity index (χ0) is 14.1. The van der Waals surface area contributed by atoms with E-state index >= 15 is 0 Å². The van der Waals surface area contributed by atoms with Crippen LogP contribution in [0.25, 0.3) is 0 Å². The summed E-state index contributed by atoms with van der Waals surface area (Å²) in [6.07, 6.45) is -0.668. The van der Waals surface area contributed by atoms with Crippen LogP contribution in [0.15, 0.2) is 6.07 Å². The number of rotatable bonds is 3. The predicted molar refractivity (Wildman–Crippen MR) is 65.3 cm³/mol. The summed E-state index contributed by atoms with van der Waals surface area (Å²) in [6.45, 7) is 1.98. The van der Waals surface area contributed by atoms with Crippen molar-refractivity contribution in [1.29, 1.82) is 0 Å². The van der Waals surface area contributed by atoms with Crippen molar-refractivity contribution < 1.29 is 13.2 Å². The van der Waals surface area contributed by atoms with Gasteiger partial charge in [-0.2, -0.15) is 13.2 Å². The van der Waals surface area contributed by atoms with Gasteiger partial charge in [0.2, 0.25) is 5.82 Å². The first-order chi connectivity index (χ1) is 8.82. The minimum absolute atomic E-state index is 0.0635. The van der Waals surface area contributed by atoms with Gasteiger partial charge in [0, 0.05) is 11.6 Å². The summed E-state index contributed by atoms with van der Waals surface area (Å²) in [5.41, 5.74) is 1.91. The van der Waals surface area contributed by atoms with Gasteiger partial charge in [-0.25, -0.2) is 15.8 Å². The zero-order valence-electron chi connectivity index (χ0n) is 10.5. The number of hydrogen-bond donors (Lipinski definition) is 3. The van der Waals surface area contributed by atoms with E-state index in [1.807, 2.05) is 6.92 Å². The van der Waals surface area contributed by atoms with Crippen LogP contribution in [0, 0.1) is 0 Å². The number of hydrazine groups is 1. The minimum Gasteiger partial charge on any atom is -0.365 e. The SMILES string of the molecule is CC1(Nc2cc(NN)nc(C(F)(F)F)n2)CCCC1. The Kier molecular flexibility index (Phi) is 3.53. The predicted octanol–water partition coefficient (Wildman–Crippen LogP) is 2.53. The van der Waals surface area contributed by atoms with E-state index in [1.165, 1.54) is 6.07 Å². The fourth-order valence-corrected chi connectivity index (χ4v) is 2.30. The maximum absolute atomic E-state index is 12.7. The van der Waals surface area contributed by atoms with Crippen LogP contribution in [0.3, 0.4) is 0 Å². The molecule has 0 unspecified atom stereocenters. The summed E-state index contributed by atoms with van der Waals surface area (Å²) in [5, 5.41) is 3.06. The Morgan fingerprint density at radius 1 is 1.21 bits per heavy atom. The van der Waals surface area contributed by atoms with Crippen LogP contribution in [-0.2, 0) is 6.18 Å². The van der Waals surface area contributed by atoms with Gasteiger partial charge < -0.3 is 10.7 Å². The largest absolute Gasteiger partial charge is 0.451 e. The second-order valence-corrected chi connectivity index (χ2v) is 5.00. The molecule has 0 radical (unpaired) electrons. The highest BCUT2D eigenvalue weighted by Gasteiger charge is 2.36. The smallest absolute Gasteiger partial charge is 0.365 e. The summed E-state index contributed by atoms with van der Waals surface area (Å²) < 4.78 is 38.0. The van der Waals surface area contributed by atoms with Crippen LogP contribution in [0.4, 0.5) is 24.8 Å². The number of anilines is 2. The Labute approximate surface area is 108 Å². The Morgan fingerprint density at radius 3 is 2.32 bits per heavy atom. The van der Waals surface area contributed by atoms with Crippen molar-refractivity contribution >= 4 is 11.6 Å². The van der Waals surface area contributed by atoms with E-state index in [4.69, 9.17) is 5.84 Å². The first-order valence-electron chi connectivity index (χ1n) is 6.03. The minimum atomic E-state index is -4.60. The van der Waals surface area contributed by atoms with E-state index in [-0.39, 0.29) is 17.2 Å². The highest BCUT2D eigenvalue weighted by Crippen LogP contribution is 2.34. The normalized spacial score (nSPS) is 18.4. The second kappa shape index (κ2) is 4.84.